The lowest BCUT2D eigenvalue weighted by atomic mass is 10.3. The number of hydrogen-bond acceptors (Lipinski definition) is 2. The Balaban J connectivity index is 2.90. The van der Waals surface area contributed by atoms with Crippen LogP contribution in [-0.2, 0) is 6.42 Å². The lowest BCUT2D eigenvalue weighted by Crippen LogP contribution is -2.05. The van der Waals surface area contributed by atoms with Gasteiger partial charge in [0.1, 0.15) is 5.82 Å². The molecule has 0 saturated carbocycles. The van der Waals surface area contributed by atoms with Crippen molar-refractivity contribution in [2.45, 2.75) is 6.42 Å². The molecule has 0 aliphatic carbocycles. The highest BCUT2D eigenvalue weighted by Crippen LogP contribution is 2.15. The Hall–Kier alpha value is -0.480. The van der Waals surface area contributed by atoms with Gasteiger partial charge in [0.05, 0.1) is 11.9 Å². The second kappa shape index (κ2) is 3.78. The van der Waals surface area contributed by atoms with E-state index in [4.69, 9.17) is 5.73 Å². The summed E-state index contributed by atoms with van der Waals surface area (Å²) in [6.45, 7) is 0.525. The molecule has 0 unspecified atom stereocenters. The first kappa shape index (κ1) is 8.62. The van der Waals surface area contributed by atoms with E-state index in [2.05, 4.69) is 20.9 Å². The zero-order chi connectivity index (χ0) is 8.27. The van der Waals surface area contributed by atoms with E-state index in [1.54, 1.807) is 0 Å². The maximum absolute atomic E-state index is 12.5. The van der Waals surface area contributed by atoms with E-state index in [9.17, 15) is 4.39 Å². The van der Waals surface area contributed by atoms with Gasteiger partial charge in [0.15, 0.2) is 0 Å². The Bertz CT molecular complexity index is 252. The fourth-order valence-corrected chi connectivity index (χ4v) is 1.28. The molecule has 0 atom stereocenters. The van der Waals surface area contributed by atoms with Crippen molar-refractivity contribution in [3.8, 4) is 0 Å². The Morgan fingerprint density at radius 1 is 1.64 bits per heavy atom. The maximum atomic E-state index is 12.5. The Morgan fingerprint density at radius 3 is 2.91 bits per heavy atom. The predicted molar refractivity (Wildman–Crippen MR) is 44.7 cm³/mol. The minimum atomic E-state index is -0.336. The molecule has 60 valence electrons. The molecule has 2 nitrogen and oxygen atoms in total. The van der Waals surface area contributed by atoms with E-state index in [1.807, 2.05) is 0 Å². The second-order valence-corrected chi connectivity index (χ2v) is 2.98. The van der Waals surface area contributed by atoms with Crippen LogP contribution in [0.4, 0.5) is 4.39 Å². The maximum Gasteiger partial charge on any atom is 0.142 e. The summed E-state index contributed by atoms with van der Waals surface area (Å²) in [7, 11) is 0. The van der Waals surface area contributed by atoms with Gasteiger partial charge in [-0.25, -0.2) is 4.39 Å². The van der Waals surface area contributed by atoms with Gasteiger partial charge in [-0.1, -0.05) is 0 Å². The standard InChI is InChI=1S/C7H8BrFN2/c8-6-3-5(9)4-11-7(6)1-2-10/h3-4H,1-2,10H2. The Morgan fingerprint density at radius 2 is 2.36 bits per heavy atom. The summed E-state index contributed by atoms with van der Waals surface area (Å²) in [5, 5.41) is 0. The van der Waals surface area contributed by atoms with Gasteiger partial charge in [-0.3, -0.25) is 4.98 Å². The minimum Gasteiger partial charge on any atom is -0.330 e. The fourth-order valence-electron chi connectivity index (χ4n) is 0.764. The van der Waals surface area contributed by atoms with Gasteiger partial charge in [0.2, 0.25) is 0 Å². The van der Waals surface area contributed by atoms with Crippen molar-refractivity contribution in [2.75, 3.05) is 6.54 Å². The van der Waals surface area contributed by atoms with Crippen LogP contribution in [0.3, 0.4) is 0 Å². The molecule has 1 rings (SSSR count). The van der Waals surface area contributed by atoms with E-state index in [-0.39, 0.29) is 5.82 Å². The normalized spacial score (nSPS) is 10.1. The summed E-state index contributed by atoms with van der Waals surface area (Å²) >= 11 is 3.19. The zero-order valence-electron chi connectivity index (χ0n) is 5.85. The first-order valence-electron chi connectivity index (χ1n) is 3.24. The zero-order valence-corrected chi connectivity index (χ0v) is 7.44. The number of rotatable bonds is 2. The largest absolute Gasteiger partial charge is 0.330 e. The van der Waals surface area contributed by atoms with E-state index in [0.29, 0.717) is 17.4 Å². The van der Waals surface area contributed by atoms with Crippen LogP contribution in [0.5, 0.6) is 0 Å². The number of hydrogen-bond donors (Lipinski definition) is 1. The third kappa shape index (κ3) is 2.24. The van der Waals surface area contributed by atoms with Gasteiger partial charge in [-0.15, -0.1) is 0 Å². The van der Waals surface area contributed by atoms with E-state index in [0.717, 1.165) is 5.69 Å². The third-order valence-corrected chi connectivity index (χ3v) is 1.95. The van der Waals surface area contributed by atoms with Crippen molar-refractivity contribution in [1.29, 1.82) is 0 Å². The van der Waals surface area contributed by atoms with Crippen molar-refractivity contribution >= 4 is 15.9 Å². The molecular weight excluding hydrogens is 211 g/mol. The van der Waals surface area contributed by atoms with Crippen LogP contribution in [0.25, 0.3) is 0 Å². The smallest absolute Gasteiger partial charge is 0.142 e. The molecule has 2 N–H and O–H groups in total. The van der Waals surface area contributed by atoms with Gasteiger partial charge in [-0.2, -0.15) is 0 Å². The third-order valence-electron chi connectivity index (χ3n) is 1.27. The average molecular weight is 219 g/mol. The SMILES string of the molecule is NCCc1ncc(F)cc1Br. The Kier molecular flexibility index (Phi) is 2.96. The van der Waals surface area contributed by atoms with Gasteiger partial charge in [0.25, 0.3) is 0 Å². The van der Waals surface area contributed by atoms with Crippen molar-refractivity contribution < 1.29 is 4.39 Å². The highest BCUT2D eigenvalue weighted by molar-refractivity contribution is 9.10. The van der Waals surface area contributed by atoms with Crippen LogP contribution in [0.15, 0.2) is 16.7 Å². The molecule has 0 aliphatic heterocycles. The number of aromatic nitrogens is 1. The van der Waals surface area contributed by atoms with Crippen molar-refractivity contribution in [3.63, 3.8) is 0 Å². The van der Waals surface area contributed by atoms with Crippen LogP contribution in [0.1, 0.15) is 5.69 Å². The van der Waals surface area contributed by atoms with Crippen LogP contribution in [-0.4, -0.2) is 11.5 Å². The molecule has 4 heteroatoms. The topological polar surface area (TPSA) is 38.9 Å². The highest BCUT2D eigenvalue weighted by atomic mass is 79.9. The Labute approximate surface area is 72.8 Å². The van der Waals surface area contributed by atoms with Crippen LogP contribution >= 0.6 is 15.9 Å². The quantitative estimate of drug-likeness (QED) is 0.818. The van der Waals surface area contributed by atoms with Crippen molar-refractivity contribution in [3.05, 3.63) is 28.2 Å². The molecule has 11 heavy (non-hydrogen) atoms. The molecule has 0 radical (unpaired) electrons. The molecule has 0 saturated heterocycles. The number of pyridine rings is 1. The lowest BCUT2D eigenvalue weighted by molar-refractivity contribution is 0.617. The molecule has 0 fully saturated rings. The molecule has 0 amide bonds. The van der Waals surface area contributed by atoms with Gasteiger partial charge < -0.3 is 5.73 Å². The molecule has 0 aliphatic rings. The first-order valence-corrected chi connectivity index (χ1v) is 4.03. The van der Waals surface area contributed by atoms with E-state index >= 15 is 0 Å². The summed E-state index contributed by atoms with van der Waals surface area (Å²) < 4.78 is 13.1. The number of halogens is 2. The minimum absolute atomic E-state index is 0.336. The summed E-state index contributed by atoms with van der Waals surface area (Å²) in [6.07, 6.45) is 1.86. The molecular formula is C7H8BrFN2. The fraction of sp³-hybridized carbons (Fsp3) is 0.286. The van der Waals surface area contributed by atoms with Gasteiger partial charge in [-0.05, 0) is 28.5 Å². The highest BCUT2D eigenvalue weighted by Gasteiger charge is 2.00. The molecule has 0 aromatic carbocycles. The van der Waals surface area contributed by atoms with Crippen LogP contribution in [0.2, 0.25) is 0 Å². The number of nitrogens with zero attached hydrogens (tertiary/aromatic N) is 1. The molecule has 0 spiro atoms. The van der Waals surface area contributed by atoms with Gasteiger partial charge in [0, 0.05) is 10.9 Å². The predicted octanol–water partition coefficient (Wildman–Crippen LogP) is 1.48. The van der Waals surface area contributed by atoms with Crippen LogP contribution in [0, 0.1) is 5.82 Å². The number of nitrogens with two attached hydrogens (primary N) is 1. The summed E-state index contributed by atoms with van der Waals surface area (Å²) in [4.78, 5) is 3.87. The van der Waals surface area contributed by atoms with Crippen molar-refractivity contribution in [2.24, 2.45) is 5.73 Å². The first-order chi connectivity index (χ1) is 5.24. The van der Waals surface area contributed by atoms with Crippen molar-refractivity contribution in [1.82, 2.24) is 4.98 Å². The van der Waals surface area contributed by atoms with Gasteiger partial charge >= 0.3 is 0 Å². The van der Waals surface area contributed by atoms with E-state index in [1.165, 1.54) is 12.3 Å². The summed E-state index contributed by atoms with van der Waals surface area (Å²) in [5.41, 5.74) is 6.11. The second-order valence-electron chi connectivity index (χ2n) is 2.12. The van der Waals surface area contributed by atoms with E-state index < -0.39 is 0 Å². The lowest BCUT2D eigenvalue weighted by Gasteiger charge is -1.99. The summed E-state index contributed by atoms with van der Waals surface area (Å²) in [5.74, 6) is -0.336. The molecule has 1 aromatic heterocycles. The summed E-state index contributed by atoms with van der Waals surface area (Å²) in [6, 6.07) is 1.39. The monoisotopic (exact) mass is 218 g/mol. The van der Waals surface area contributed by atoms with Crippen LogP contribution < -0.4 is 5.73 Å². The molecule has 1 aromatic rings. The average Bonchev–Trinajstić information content (AvgIpc) is 1.95. The molecule has 0 bridgehead atoms. The molecule has 1 heterocycles.